The van der Waals surface area contributed by atoms with Crippen molar-refractivity contribution in [1.29, 1.82) is 0 Å². The quantitative estimate of drug-likeness (QED) is 0.840. The molecule has 1 aliphatic rings. The average molecular weight is 295 g/mol. The van der Waals surface area contributed by atoms with Crippen LogP contribution < -0.4 is 10.0 Å². The smallest absolute Gasteiger partial charge is 0.259 e. The van der Waals surface area contributed by atoms with Crippen molar-refractivity contribution in [2.24, 2.45) is 0 Å². The van der Waals surface area contributed by atoms with Crippen LogP contribution >= 0.6 is 12.4 Å². The lowest BCUT2D eigenvalue weighted by Crippen LogP contribution is -2.42. The van der Waals surface area contributed by atoms with E-state index in [-0.39, 0.29) is 23.5 Å². The molecule has 2 N–H and O–H groups in total. The summed E-state index contributed by atoms with van der Waals surface area (Å²) in [6.45, 7) is 4.38. The predicted molar refractivity (Wildman–Crippen MR) is 71.4 cm³/mol. The van der Waals surface area contributed by atoms with Crippen molar-refractivity contribution in [1.82, 2.24) is 19.6 Å². The molecule has 2 heterocycles. The van der Waals surface area contributed by atoms with Gasteiger partial charge in [0.15, 0.2) is 5.03 Å². The van der Waals surface area contributed by atoms with E-state index >= 15 is 0 Å². The van der Waals surface area contributed by atoms with E-state index < -0.39 is 10.0 Å². The Labute approximate surface area is 114 Å². The lowest BCUT2D eigenvalue weighted by atomic mass is 10.1. The van der Waals surface area contributed by atoms with Gasteiger partial charge in [0.25, 0.3) is 10.0 Å². The molecular formula is C10H19ClN4O2S. The molecule has 0 spiro atoms. The first kappa shape index (κ1) is 15.4. The minimum absolute atomic E-state index is 0. The number of halogens is 1. The minimum atomic E-state index is -3.46. The minimum Gasteiger partial charge on any atom is -0.336 e. The summed E-state index contributed by atoms with van der Waals surface area (Å²) in [5, 5.41) is 3.31. The highest BCUT2D eigenvalue weighted by molar-refractivity contribution is 7.89. The number of sulfonamides is 1. The van der Waals surface area contributed by atoms with Crippen LogP contribution in [0.2, 0.25) is 0 Å². The summed E-state index contributed by atoms with van der Waals surface area (Å²) in [7, 11) is -3.46. The lowest BCUT2D eigenvalue weighted by Gasteiger charge is -2.22. The number of piperidine rings is 1. The molecule has 0 radical (unpaired) electrons. The van der Waals surface area contributed by atoms with Gasteiger partial charge in [0.2, 0.25) is 0 Å². The molecular weight excluding hydrogens is 276 g/mol. The van der Waals surface area contributed by atoms with Gasteiger partial charge in [-0.3, -0.25) is 0 Å². The van der Waals surface area contributed by atoms with Gasteiger partial charge in [-0.25, -0.2) is 18.1 Å². The number of aromatic nitrogens is 2. The number of hydrogen-bond acceptors (Lipinski definition) is 4. The van der Waals surface area contributed by atoms with Gasteiger partial charge in [0.1, 0.15) is 0 Å². The van der Waals surface area contributed by atoms with Crippen molar-refractivity contribution in [3.8, 4) is 0 Å². The van der Waals surface area contributed by atoms with Crippen molar-refractivity contribution in [2.75, 3.05) is 13.1 Å². The van der Waals surface area contributed by atoms with Gasteiger partial charge in [-0.2, -0.15) is 0 Å². The highest BCUT2D eigenvalue weighted by atomic mass is 35.5. The summed E-state index contributed by atoms with van der Waals surface area (Å²) < 4.78 is 28.5. The van der Waals surface area contributed by atoms with Crippen LogP contribution in [0.4, 0.5) is 0 Å². The summed E-state index contributed by atoms with van der Waals surface area (Å²) in [6, 6.07) is 0.0213. The first-order valence-corrected chi connectivity index (χ1v) is 7.35. The molecule has 0 unspecified atom stereocenters. The van der Waals surface area contributed by atoms with E-state index in [4.69, 9.17) is 0 Å². The van der Waals surface area contributed by atoms with Gasteiger partial charge in [0, 0.05) is 18.8 Å². The number of nitrogens with zero attached hydrogens (tertiary/aromatic N) is 2. The molecule has 0 amide bonds. The maximum Gasteiger partial charge on any atom is 0.259 e. The maximum absolute atomic E-state index is 12.0. The van der Waals surface area contributed by atoms with Crippen LogP contribution in [0.25, 0.3) is 0 Å². The Balaban J connectivity index is 0.00000162. The third-order valence-corrected chi connectivity index (χ3v) is 4.32. The van der Waals surface area contributed by atoms with Gasteiger partial charge in [0.05, 0.1) is 6.33 Å². The molecule has 0 saturated carbocycles. The summed E-state index contributed by atoms with van der Waals surface area (Å²) >= 11 is 0. The van der Waals surface area contributed by atoms with E-state index in [1.807, 2.05) is 6.92 Å². The third-order valence-electron chi connectivity index (χ3n) is 2.91. The van der Waals surface area contributed by atoms with Gasteiger partial charge < -0.3 is 9.88 Å². The molecule has 1 aliphatic heterocycles. The molecule has 0 atom stereocenters. The zero-order valence-corrected chi connectivity index (χ0v) is 11.9. The number of aryl methyl sites for hydroxylation is 1. The summed E-state index contributed by atoms with van der Waals surface area (Å²) in [5.74, 6) is 0. The standard InChI is InChI=1S/C10H18N4O2S.ClH/c1-2-14-7-10(12-8-14)17(15,16)13-9-3-5-11-6-4-9;/h7-9,11,13H,2-6H2,1H3;1H. The van der Waals surface area contributed by atoms with Gasteiger partial charge in [-0.05, 0) is 32.9 Å². The van der Waals surface area contributed by atoms with E-state index in [1.165, 1.54) is 6.33 Å². The molecule has 2 rings (SSSR count). The highest BCUT2D eigenvalue weighted by Gasteiger charge is 2.23. The molecule has 1 aromatic heterocycles. The Morgan fingerprint density at radius 3 is 2.72 bits per heavy atom. The molecule has 6 nitrogen and oxygen atoms in total. The van der Waals surface area contributed by atoms with E-state index in [9.17, 15) is 8.42 Å². The van der Waals surface area contributed by atoms with Crippen LogP contribution in [0.1, 0.15) is 19.8 Å². The third kappa shape index (κ3) is 3.68. The van der Waals surface area contributed by atoms with Crippen molar-refractivity contribution in [3.05, 3.63) is 12.5 Å². The summed E-state index contributed by atoms with van der Waals surface area (Å²) in [6.07, 6.45) is 4.75. The fourth-order valence-electron chi connectivity index (χ4n) is 1.87. The van der Waals surface area contributed by atoms with Crippen LogP contribution in [-0.2, 0) is 16.6 Å². The molecule has 0 aliphatic carbocycles. The molecule has 1 fully saturated rings. The molecule has 1 aromatic rings. The second-order valence-electron chi connectivity index (χ2n) is 4.19. The maximum atomic E-state index is 12.0. The van der Waals surface area contributed by atoms with E-state index in [0.717, 1.165) is 32.5 Å². The molecule has 0 bridgehead atoms. The number of hydrogen-bond donors (Lipinski definition) is 2. The largest absolute Gasteiger partial charge is 0.336 e. The second kappa shape index (κ2) is 6.51. The summed E-state index contributed by atoms with van der Waals surface area (Å²) in [5.41, 5.74) is 0. The Kier molecular flexibility index (Phi) is 5.58. The Morgan fingerprint density at radius 1 is 1.50 bits per heavy atom. The summed E-state index contributed by atoms with van der Waals surface area (Å²) in [4.78, 5) is 3.92. The van der Waals surface area contributed by atoms with Crippen molar-refractivity contribution in [3.63, 3.8) is 0 Å². The number of imidazole rings is 1. The van der Waals surface area contributed by atoms with Crippen LogP contribution in [0.15, 0.2) is 17.6 Å². The zero-order valence-electron chi connectivity index (χ0n) is 10.3. The average Bonchev–Trinajstić information content (AvgIpc) is 2.79. The zero-order chi connectivity index (χ0) is 12.3. The fourth-order valence-corrected chi connectivity index (χ4v) is 3.13. The van der Waals surface area contributed by atoms with E-state index in [2.05, 4.69) is 15.0 Å². The van der Waals surface area contributed by atoms with Gasteiger partial charge in [-0.1, -0.05) is 0 Å². The normalized spacial score (nSPS) is 17.4. The molecule has 8 heteroatoms. The fraction of sp³-hybridized carbons (Fsp3) is 0.700. The molecule has 18 heavy (non-hydrogen) atoms. The first-order chi connectivity index (χ1) is 8.12. The Hall–Kier alpha value is -0.630. The topological polar surface area (TPSA) is 76.0 Å². The van der Waals surface area contributed by atoms with E-state index in [1.54, 1.807) is 10.8 Å². The Bertz CT molecular complexity index is 468. The van der Waals surface area contributed by atoms with Crippen LogP contribution in [0, 0.1) is 0 Å². The second-order valence-corrected chi connectivity index (χ2v) is 5.85. The van der Waals surface area contributed by atoms with Gasteiger partial charge >= 0.3 is 0 Å². The molecule has 104 valence electrons. The highest BCUT2D eigenvalue weighted by Crippen LogP contribution is 2.10. The first-order valence-electron chi connectivity index (χ1n) is 5.86. The monoisotopic (exact) mass is 294 g/mol. The van der Waals surface area contributed by atoms with Crippen LogP contribution in [0.5, 0.6) is 0 Å². The number of nitrogens with one attached hydrogen (secondary N) is 2. The van der Waals surface area contributed by atoms with Crippen molar-refractivity contribution < 1.29 is 8.42 Å². The van der Waals surface area contributed by atoms with E-state index in [0.29, 0.717) is 0 Å². The molecule has 0 aromatic carbocycles. The molecule has 1 saturated heterocycles. The predicted octanol–water partition coefficient (Wildman–Crippen LogP) is 0.355. The lowest BCUT2D eigenvalue weighted by molar-refractivity contribution is 0.426. The van der Waals surface area contributed by atoms with Crippen molar-refractivity contribution >= 4 is 22.4 Å². The van der Waals surface area contributed by atoms with Crippen molar-refractivity contribution in [2.45, 2.75) is 37.4 Å². The van der Waals surface area contributed by atoms with Crippen LogP contribution in [0.3, 0.4) is 0 Å². The van der Waals surface area contributed by atoms with Crippen LogP contribution in [-0.4, -0.2) is 37.1 Å². The van der Waals surface area contributed by atoms with Gasteiger partial charge in [-0.15, -0.1) is 12.4 Å². The Morgan fingerprint density at radius 2 is 2.17 bits per heavy atom. The number of rotatable bonds is 4. The SMILES string of the molecule is CCn1cnc(S(=O)(=O)NC2CCNCC2)c1.Cl.